The molecule has 3 aromatic carbocycles. The summed E-state index contributed by atoms with van der Waals surface area (Å²) in [5.41, 5.74) is 6.46. The lowest BCUT2D eigenvalue weighted by atomic mass is 9.90. The number of benzene rings is 3. The van der Waals surface area contributed by atoms with Crippen LogP contribution < -0.4 is 14.2 Å². The summed E-state index contributed by atoms with van der Waals surface area (Å²) in [6.07, 6.45) is 2.36. The highest BCUT2D eigenvalue weighted by atomic mass is 32.2. The van der Waals surface area contributed by atoms with E-state index in [9.17, 15) is 13.2 Å². The summed E-state index contributed by atoms with van der Waals surface area (Å²) in [5, 5.41) is 0. The van der Waals surface area contributed by atoms with E-state index in [1.165, 1.54) is 19.4 Å². The van der Waals surface area contributed by atoms with Gasteiger partial charge in [0, 0.05) is 35.3 Å². The maximum absolute atomic E-state index is 15.3. The molecule has 0 unspecified atom stereocenters. The molecule has 0 saturated heterocycles. The Morgan fingerprint density at radius 1 is 1.10 bits per heavy atom. The Hall–Kier alpha value is -3.59. The van der Waals surface area contributed by atoms with E-state index in [0.29, 0.717) is 48.9 Å². The molecule has 9 heteroatoms. The number of sulfone groups is 1. The van der Waals surface area contributed by atoms with Crippen LogP contribution in [0.2, 0.25) is 0 Å². The first kappa shape index (κ1) is 29.9. The van der Waals surface area contributed by atoms with Crippen LogP contribution >= 0.6 is 0 Å². The number of fused-ring (bicyclic) bond motifs is 2. The van der Waals surface area contributed by atoms with E-state index in [1.54, 1.807) is 0 Å². The molecule has 1 heterocycles. The number of ether oxygens (including phenoxy) is 4. The lowest BCUT2D eigenvalue weighted by molar-refractivity contribution is -0.141. The van der Waals surface area contributed by atoms with Crippen LogP contribution in [0.3, 0.4) is 0 Å². The van der Waals surface area contributed by atoms with Crippen LogP contribution in [0.4, 0.5) is 4.39 Å². The van der Waals surface area contributed by atoms with E-state index < -0.39 is 15.9 Å². The zero-order valence-electron chi connectivity index (χ0n) is 24.7. The first-order chi connectivity index (χ1) is 19.9. The zero-order chi connectivity index (χ0) is 30.2. The highest BCUT2D eigenvalue weighted by Crippen LogP contribution is 2.45. The molecule has 0 N–H and O–H groups in total. The Kier molecular flexibility index (Phi) is 8.51. The van der Waals surface area contributed by atoms with E-state index >= 15 is 4.39 Å². The number of hydrogen-bond acceptors (Lipinski definition) is 7. The molecular weight excluding hydrogens is 559 g/mol. The van der Waals surface area contributed by atoms with Gasteiger partial charge in [-0.3, -0.25) is 4.79 Å². The van der Waals surface area contributed by atoms with Crippen molar-refractivity contribution in [3.8, 4) is 28.4 Å². The average molecular weight is 597 g/mol. The fourth-order valence-electron chi connectivity index (χ4n) is 6.21. The van der Waals surface area contributed by atoms with Crippen molar-refractivity contribution in [3.63, 3.8) is 0 Å². The second-order valence-electron chi connectivity index (χ2n) is 11.6. The number of hydrogen-bond donors (Lipinski definition) is 0. The minimum atomic E-state index is -3.07. The predicted molar refractivity (Wildman–Crippen MR) is 159 cm³/mol. The van der Waals surface area contributed by atoms with Crippen molar-refractivity contribution < 1.29 is 36.6 Å². The van der Waals surface area contributed by atoms with Crippen LogP contribution in [0.25, 0.3) is 11.1 Å². The van der Waals surface area contributed by atoms with Gasteiger partial charge in [0.25, 0.3) is 0 Å². The molecule has 0 amide bonds. The van der Waals surface area contributed by atoms with Crippen LogP contribution in [0, 0.1) is 25.6 Å². The molecule has 42 heavy (non-hydrogen) atoms. The normalized spacial score (nSPS) is 18.1. The summed E-state index contributed by atoms with van der Waals surface area (Å²) in [7, 11) is -1.70. The van der Waals surface area contributed by atoms with Gasteiger partial charge in [-0.05, 0) is 78.8 Å². The van der Waals surface area contributed by atoms with Crippen LogP contribution in [0.1, 0.15) is 59.6 Å². The van der Waals surface area contributed by atoms with Crippen molar-refractivity contribution in [2.45, 2.75) is 52.1 Å². The minimum absolute atomic E-state index is 0.0622. The Morgan fingerprint density at radius 2 is 1.83 bits per heavy atom. The van der Waals surface area contributed by atoms with Gasteiger partial charge >= 0.3 is 5.97 Å². The number of esters is 1. The van der Waals surface area contributed by atoms with E-state index in [2.05, 4.69) is 0 Å². The molecule has 1 aliphatic carbocycles. The van der Waals surface area contributed by atoms with Crippen LogP contribution in [-0.2, 0) is 25.8 Å². The third-order valence-corrected chi connectivity index (χ3v) is 9.14. The van der Waals surface area contributed by atoms with Crippen LogP contribution in [0.5, 0.6) is 17.2 Å². The second kappa shape index (κ2) is 12.0. The smallest absolute Gasteiger partial charge is 0.306 e. The second-order valence-corrected chi connectivity index (χ2v) is 13.7. The molecule has 1 aliphatic heterocycles. The molecule has 2 aliphatic rings. The molecule has 0 radical (unpaired) electrons. The standard InChI is InChI=1S/C33H37FO7S/c1-19(18-42(5,36)37)16-39-24-12-20(2)32(21(3)13-24)26-8-10-28(34)33-27(26)9-11-29(33)41-23-6-7-25-22(14-31(35)38-4)17-40-30(25)15-23/h6-8,10,12-13,15,19,22,29H,9,11,14,16-18H2,1-5H3/t19-,22+,29+/m0/s1. The van der Waals surface area contributed by atoms with Gasteiger partial charge in [0.05, 0.1) is 32.5 Å². The van der Waals surface area contributed by atoms with Gasteiger partial charge in [-0.1, -0.05) is 19.1 Å². The molecule has 3 atom stereocenters. The summed E-state index contributed by atoms with van der Waals surface area (Å²) in [6.45, 7) is 6.57. The molecule has 5 rings (SSSR count). The Morgan fingerprint density at radius 3 is 2.52 bits per heavy atom. The maximum atomic E-state index is 15.3. The lowest BCUT2D eigenvalue weighted by Gasteiger charge is -2.19. The predicted octanol–water partition coefficient (Wildman–Crippen LogP) is 6.27. The zero-order valence-corrected chi connectivity index (χ0v) is 25.5. The summed E-state index contributed by atoms with van der Waals surface area (Å²) in [4.78, 5) is 11.7. The maximum Gasteiger partial charge on any atom is 0.306 e. The SMILES string of the molecule is COC(=O)C[C@@H]1COc2cc(O[C@@H]3CCc4c(-c5c(C)cc(OC[C@H](C)CS(C)(=O)=O)cc5C)ccc(F)c43)ccc21. The van der Waals surface area contributed by atoms with Crippen molar-refractivity contribution in [2.24, 2.45) is 5.92 Å². The Bertz CT molecular complexity index is 1590. The molecule has 224 valence electrons. The summed E-state index contributed by atoms with van der Waals surface area (Å²) < 4.78 is 61.4. The lowest BCUT2D eigenvalue weighted by Crippen LogP contribution is -2.18. The fraction of sp³-hybridized carbons (Fsp3) is 0.424. The average Bonchev–Trinajstić information content (AvgIpc) is 3.52. The highest BCUT2D eigenvalue weighted by molar-refractivity contribution is 7.90. The third-order valence-electron chi connectivity index (χ3n) is 7.96. The first-order valence-corrected chi connectivity index (χ1v) is 16.2. The summed E-state index contributed by atoms with van der Waals surface area (Å²) in [5.74, 6) is 1.26. The molecule has 0 spiro atoms. The van der Waals surface area contributed by atoms with Crippen molar-refractivity contribution in [1.29, 1.82) is 0 Å². The van der Waals surface area contributed by atoms with Gasteiger partial charge in [0.2, 0.25) is 0 Å². The molecule has 0 aromatic heterocycles. The van der Waals surface area contributed by atoms with Gasteiger partial charge in [-0.15, -0.1) is 0 Å². The van der Waals surface area contributed by atoms with Crippen molar-refractivity contribution in [2.75, 3.05) is 32.3 Å². The molecule has 0 bridgehead atoms. The number of rotatable bonds is 10. The first-order valence-electron chi connectivity index (χ1n) is 14.2. The Balaban J connectivity index is 1.36. The van der Waals surface area contributed by atoms with Crippen LogP contribution in [0.15, 0.2) is 42.5 Å². The van der Waals surface area contributed by atoms with Crippen molar-refractivity contribution in [3.05, 3.63) is 76.1 Å². The van der Waals surface area contributed by atoms with E-state index in [0.717, 1.165) is 33.4 Å². The van der Waals surface area contributed by atoms with Gasteiger partial charge in [-0.2, -0.15) is 0 Å². The molecule has 0 fully saturated rings. The molecule has 3 aromatic rings. The van der Waals surface area contributed by atoms with Gasteiger partial charge in [-0.25, -0.2) is 12.8 Å². The molecule has 0 saturated carbocycles. The highest BCUT2D eigenvalue weighted by Gasteiger charge is 2.32. The van der Waals surface area contributed by atoms with E-state index in [4.69, 9.17) is 18.9 Å². The number of carbonyl (C=O) groups is 1. The van der Waals surface area contributed by atoms with Gasteiger partial charge in [0.15, 0.2) is 0 Å². The third kappa shape index (κ3) is 6.41. The fourth-order valence-corrected chi connectivity index (χ4v) is 7.34. The Labute approximate surface area is 246 Å². The number of methoxy groups -OCH3 is 1. The number of halogens is 1. The largest absolute Gasteiger partial charge is 0.493 e. The van der Waals surface area contributed by atoms with Crippen molar-refractivity contribution >= 4 is 15.8 Å². The van der Waals surface area contributed by atoms with E-state index in [-0.39, 0.29) is 35.8 Å². The quantitative estimate of drug-likeness (QED) is 0.255. The van der Waals surface area contributed by atoms with Crippen molar-refractivity contribution in [1.82, 2.24) is 0 Å². The topological polar surface area (TPSA) is 88.1 Å². The number of carbonyl (C=O) groups excluding carboxylic acids is 1. The van der Waals surface area contributed by atoms with Crippen LogP contribution in [-0.4, -0.2) is 46.7 Å². The summed E-state index contributed by atoms with van der Waals surface area (Å²) in [6, 6.07) is 12.8. The van der Waals surface area contributed by atoms with Gasteiger partial charge < -0.3 is 18.9 Å². The summed E-state index contributed by atoms with van der Waals surface area (Å²) >= 11 is 0. The van der Waals surface area contributed by atoms with Gasteiger partial charge in [0.1, 0.15) is 39.0 Å². The minimum Gasteiger partial charge on any atom is -0.493 e. The monoisotopic (exact) mass is 596 g/mol. The molecular formula is C33H37FO7S. The molecule has 7 nitrogen and oxygen atoms in total. The van der Waals surface area contributed by atoms with E-state index in [1.807, 2.05) is 57.2 Å². The number of aryl methyl sites for hydroxylation is 2.